The third kappa shape index (κ3) is 4.42. The first-order chi connectivity index (χ1) is 11.3. The molecule has 2 aromatic heterocycles. The number of hydrogen-bond acceptors (Lipinski definition) is 7. The topological polar surface area (TPSA) is 110 Å². The summed E-state index contributed by atoms with van der Waals surface area (Å²) in [6.45, 7) is 2.21. The van der Waals surface area contributed by atoms with Crippen LogP contribution in [-0.2, 0) is 11.3 Å². The third-order valence-electron chi connectivity index (χ3n) is 3.78. The Morgan fingerprint density at radius 1 is 1.29 bits per heavy atom. The van der Waals surface area contributed by atoms with Gasteiger partial charge in [-0.15, -0.1) is 12.4 Å². The van der Waals surface area contributed by atoms with Crippen LogP contribution in [0.1, 0.15) is 25.2 Å². The quantitative estimate of drug-likeness (QED) is 0.829. The van der Waals surface area contributed by atoms with Gasteiger partial charge in [0, 0.05) is 24.8 Å². The van der Waals surface area contributed by atoms with Gasteiger partial charge in [-0.05, 0) is 31.4 Å². The van der Waals surface area contributed by atoms with Crippen LogP contribution in [0.3, 0.4) is 0 Å². The van der Waals surface area contributed by atoms with Crippen molar-refractivity contribution in [1.29, 1.82) is 0 Å². The van der Waals surface area contributed by atoms with Gasteiger partial charge in [0.2, 0.25) is 17.6 Å². The van der Waals surface area contributed by atoms with Crippen LogP contribution in [0.5, 0.6) is 0 Å². The number of amides is 1. The van der Waals surface area contributed by atoms with Crippen molar-refractivity contribution in [3.05, 3.63) is 24.2 Å². The summed E-state index contributed by atoms with van der Waals surface area (Å²) in [7, 11) is 0. The molecule has 0 radical (unpaired) electrons. The van der Waals surface area contributed by atoms with E-state index in [-0.39, 0.29) is 31.4 Å². The molecule has 2 aromatic rings. The molecular formula is C15H21ClN6O2. The van der Waals surface area contributed by atoms with E-state index in [9.17, 15) is 4.79 Å². The predicted octanol–water partition coefficient (Wildman–Crippen LogP) is 1.12. The highest BCUT2D eigenvalue weighted by Crippen LogP contribution is 2.21. The van der Waals surface area contributed by atoms with E-state index in [1.165, 1.54) is 19.3 Å². The Balaban J connectivity index is 0.00000208. The molecule has 1 saturated heterocycles. The molecule has 3 rings (SSSR count). The van der Waals surface area contributed by atoms with Crippen LogP contribution in [-0.4, -0.2) is 40.7 Å². The molecule has 1 aliphatic rings. The maximum atomic E-state index is 11.1. The Morgan fingerprint density at radius 2 is 2.08 bits per heavy atom. The summed E-state index contributed by atoms with van der Waals surface area (Å²) in [5, 5.41) is 6.49. The molecule has 130 valence electrons. The second kappa shape index (κ2) is 8.60. The van der Waals surface area contributed by atoms with E-state index in [0.717, 1.165) is 24.5 Å². The van der Waals surface area contributed by atoms with Crippen molar-refractivity contribution in [2.75, 3.05) is 24.5 Å². The number of hydrogen-bond donors (Lipinski definition) is 2. The average Bonchev–Trinajstić information content (AvgIpc) is 3.09. The van der Waals surface area contributed by atoms with Gasteiger partial charge in [0.1, 0.15) is 5.82 Å². The molecule has 0 aliphatic carbocycles. The molecule has 1 fully saturated rings. The van der Waals surface area contributed by atoms with Crippen LogP contribution in [0.4, 0.5) is 5.82 Å². The Hall–Kier alpha value is -2.19. The number of halogens is 1. The lowest BCUT2D eigenvalue weighted by molar-refractivity contribution is -0.120. The Kier molecular flexibility index (Phi) is 6.51. The summed E-state index contributed by atoms with van der Waals surface area (Å²) in [5.41, 5.74) is 6.00. The number of anilines is 1. The Bertz CT molecular complexity index is 654. The highest BCUT2D eigenvalue weighted by molar-refractivity contribution is 5.85. The molecule has 8 nitrogen and oxygen atoms in total. The van der Waals surface area contributed by atoms with E-state index < -0.39 is 0 Å². The minimum Gasteiger partial charge on any atom is -0.357 e. The van der Waals surface area contributed by atoms with Crippen LogP contribution in [0.2, 0.25) is 0 Å². The highest BCUT2D eigenvalue weighted by Gasteiger charge is 2.14. The van der Waals surface area contributed by atoms with Crippen molar-refractivity contribution >= 4 is 24.1 Å². The average molecular weight is 353 g/mol. The van der Waals surface area contributed by atoms with Gasteiger partial charge in [-0.3, -0.25) is 4.79 Å². The fraction of sp³-hybridized carbons (Fsp3) is 0.467. The van der Waals surface area contributed by atoms with Gasteiger partial charge in [-0.1, -0.05) is 5.16 Å². The molecule has 24 heavy (non-hydrogen) atoms. The monoisotopic (exact) mass is 352 g/mol. The van der Waals surface area contributed by atoms with Gasteiger partial charge >= 0.3 is 0 Å². The Labute approximate surface area is 146 Å². The molecule has 0 unspecified atom stereocenters. The van der Waals surface area contributed by atoms with E-state index in [1.54, 1.807) is 6.20 Å². The van der Waals surface area contributed by atoms with Crippen molar-refractivity contribution in [2.24, 2.45) is 5.73 Å². The minimum absolute atomic E-state index is 0. The summed E-state index contributed by atoms with van der Waals surface area (Å²) in [5.74, 6) is 1.51. The summed E-state index contributed by atoms with van der Waals surface area (Å²) in [6.07, 6.45) is 5.47. The third-order valence-corrected chi connectivity index (χ3v) is 3.78. The smallest absolute Gasteiger partial charge is 0.246 e. The molecule has 1 aliphatic heterocycles. The van der Waals surface area contributed by atoms with Crippen molar-refractivity contribution in [3.8, 4) is 11.4 Å². The molecule has 0 aromatic carbocycles. The van der Waals surface area contributed by atoms with Crippen LogP contribution >= 0.6 is 12.4 Å². The summed E-state index contributed by atoms with van der Waals surface area (Å²) < 4.78 is 5.11. The number of carbonyl (C=O) groups is 1. The number of rotatable bonds is 5. The van der Waals surface area contributed by atoms with Gasteiger partial charge in [0.25, 0.3) is 0 Å². The molecule has 0 spiro atoms. The van der Waals surface area contributed by atoms with Gasteiger partial charge < -0.3 is 20.5 Å². The first kappa shape index (κ1) is 18.2. The maximum absolute atomic E-state index is 11.1. The van der Waals surface area contributed by atoms with Crippen LogP contribution < -0.4 is 16.0 Å². The summed E-state index contributed by atoms with van der Waals surface area (Å²) in [4.78, 5) is 22.1. The maximum Gasteiger partial charge on any atom is 0.246 e. The molecule has 1 amide bonds. The first-order valence-corrected chi connectivity index (χ1v) is 7.77. The van der Waals surface area contributed by atoms with E-state index >= 15 is 0 Å². The van der Waals surface area contributed by atoms with E-state index in [0.29, 0.717) is 11.7 Å². The van der Waals surface area contributed by atoms with Crippen molar-refractivity contribution in [2.45, 2.75) is 25.8 Å². The highest BCUT2D eigenvalue weighted by atomic mass is 35.5. The molecule has 3 heterocycles. The standard InChI is InChI=1S/C15H20N6O2.ClH/c16-8-13(22)18-10-14-19-15(20-23-14)11-4-5-12(17-9-11)21-6-2-1-3-7-21;/h4-5,9H,1-3,6-8,10,16H2,(H,18,22);1H. The number of nitrogens with zero attached hydrogens (tertiary/aromatic N) is 4. The van der Waals surface area contributed by atoms with Crippen molar-refractivity contribution < 1.29 is 9.32 Å². The SMILES string of the molecule is Cl.NCC(=O)NCc1nc(-c2ccc(N3CCCCC3)nc2)no1. The van der Waals surface area contributed by atoms with E-state index in [1.807, 2.05) is 12.1 Å². The second-order valence-electron chi connectivity index (χ2n) is 5.45. The lowest BCUT2D eigenvalue weighted by atomic mass is 10.1. The zero-order valence-electron chi connectivity index (χ0n) is 13.3. The largest absolute Gasteiger partial charge is 0.357 e. The van der Waals surface area contributed by atoms with E-state index in [4.69, 9.17) is 10.3 Å². The Morgan fingerprint density at radius 3 is 2.75 bits per heavy atom. The number of nitrogens with one attached hydrogen (secondary N) is 1. The molecule has 3 N–H and O–H groups in total. The summed E-state index contributed by atoms with van der Waals surface area (Å²) in [6, 6.07) is 3.91. The lowest BCUT2D eigenvalue weighted by Gasteiger charge is -2.27. The van der Waals surface area contributed by atoms with Crippen LogP contribution in [0, 0.1) is 0 Å². The number of aromatic nitrogens is 3. The van der Waals surface area contributed by atoms with Crippen molar-refractivity contribution in [3.63, 3.8) is 0 Å². The fourth-order valence-corrected chi connectivity index (χ4v) is 2.52. The molecule has 0 bridgehead atoms. The summed E-state index contributed by atoms with van der Waals surface area (Å²) >= 11 is 0. The number of nitrogens with two attached hydrogens (primary N) is 1. The minimum atomic E-state index is -0.266. The van der Waals surface area contributed by atoms with Crippen LogP contribution in [0.15, 0.2) is 22.9 Å². The van der Waals surface area contributed by atoms with Gasteiger partial charge in [-0.2, -0.15) is 4.98 Å². The number of pyridine rings is 1. The predicted molar refractivity (Wildman–Crippen MR) is 91.7 cm³/mol. The zero-order chi connectivity index (χ0) is 16.1. The molecule has 0 atom stereocenters. The van der Waals surface area contributed by atoms with Gasteiger partial charge in [0.05, 0.1) is 13.1 Å². The van der Waals surface area contributed by atoms with Crippen molar-refractivity contribution in [1.82, 2.24) is 20.4 Å². The number of carbonyl (C=O) groups excluding carboxylic acids is 1. The lowest BCUT2D eigenvalue weighted by Crippen LogP contribution is -2.30. The molecular weight excluding hydrogens is 332 g/mol. The second-order valence-corrected chi connectivity index (χ2v) is 5.45. The molecule has 0 saturated carbocycles. The normalized spacial score (nSPS) is 14.1. The first-order valence-electron chi connectivity index (χ1n) is 7.77. The number of piperidine rings is 1. The van der Waals surface area contributed by atoms with Crippen LogP contribution in [0.25, 0.3) is 11.4 Å². The zero-order valence-corrected chi connectivity index (χ0v) is 14.1. The van der Waals surface area contributed by atoms with E-state index in [2.05, 4.69) is 25.3 Å². The molecule has 9 heteroatoms. The fourth-order valence-electron chi connectivity index (χ4n) is 2.52. The van der Waals surface area contributed by atoms with Gasteiger partial charge in [0.15, 0.2) is 0 Å². The van der Waals surface area contributed by atoms with Gasteiger partial charge in [-0.25, -0.2) is 4.98 Å².